The highest BCUT2D eigenvalue weighted by Gasteiger charge is 1.85. The van der Waals surface area contributed by atoms with Gasteiger partial charge in [0.2, 0.25) is 0 Å². The summed E-state index contributed by atoms with van der Waals surface area (Å²) in [7, 11) is 1.88. The van der Waals surface area contributed by atoms with E-state index in [0.29, 0.717) is 0 Å². The maximum Gasteiger partial charge on any atom is 0.0534 e. The number of nitrogens with one attached hydrogen (secondary N) is 1. The second-order valence-electron chi connectivity index (χ2n) is 1.87. The number of allylic oxidation sites excluding steroid dienone is 3. The van der Waals surface area contributed by atoms with Crippen LogP contribution in [0.2, 0.25) is 0 Å². The Morgan fingerprint density at radius 2 is 2.40 bits per heavy atom. The van der Waals surface area contributed by atoms with E-state index in [1.807, 2.05) is 32.2 Å². The molecule has 0 aliphatic rings. The minimum Gasteiger partial charge on any atom is -0.314 e. The third-order valence-electron chi connectivity index (χ3n) is 1.04. The first-order valence-electron chi connectivity index (χ1n) is 3.28. The molecule has 0 unspecified atom stereocenters. The summed E-state index contributed by atoms with van der Waals surface area (Å²) in [5.74, 6) is 0. The first kappa shape index (κ1) is 9.11. The first-order valence-corrected chi connectivity index (χ1v) is 3.28. The Hall–Kier alpha value is -0.890. The molecular weight excluding hydrogens is 124 g/mol. The maximum atomic E-state index is 3.81. The number of aliphatic imine (C=N–C) groups is 1. The molecule has 0 aliphatic carbocycles. The fourth-order valence-electron chi connectivity index (χ4n) is 0.556. The van der Waals surface area contributed by atoms with Crippen molar-refractivity contribution in [3.63, 3.8) is 0 Å². The lowest BCUT2D eigenvalue weighted by Crippen LogP contribution is -2.08. The molecule has 2 nitrogen and oxygen atoms in total. The molecule has 0 aliphatic heterocycles. The average molecular weight is 138 g/mol. The van der Waals surface area contributed by atoms with Gasteiger partial charge in [0.25, 0.3) is 0 Å². The van der Waals surface area contributed by atoms with Crippen molar-refractivity contribution < 1.29 is 0 Å². The summed E-state index contributed by atoms with van der Waals surface area (Å²) in [5, 5.41) is 2.99. The second kappa shape index (κ2) is 6.23. The lowest BCUT2D eigenvalue weighted by atomic mass is 10.4. The van der Waals surface area contributed by atoms with Crippen LogP contribution in [0.1, 0.15) is 6.92 Å². The molecule has 0 bridgehead atoms. The molecule has 0 aromatic heterocycles. The lowest BCUT2D eigenvalue weighted by molar-refractivity contribution is 0.873. The van der Waals surface area contributed by atoms with Crippen LogP contribution < -0.4 is 5.32 Å². The molecule has 0 saturated carbocycles. The Kier molecular flexibility index (Phi) is 5.68. The van der Waals surface area contributed by atoms with Crippen LogP contribution in [0.3, 0.4) is 0 Å². The number of hydrogen-bond acceptors (Lipinski definition) is 2. The number of likely N-dealkylation sites (N-methyl/N-ethyl adjacent to an activating group) is 1. The van der Waals surface area contributed by atoms with Gasteiger partial charge in [0.15, 0.2) is 0 Å². The van der Waals surface area contributed by atoms with E-state index >= 15 is 0 Å². The van der Waals surface area contributed by atoms with E-state index in [-0.39, 0.29) is 0 Å². The zero-order valence-electron chi connectivity index (χ0n) is 6.59. The van der Waals surface area contributed by atoms with Gasteiger partial charge in [-0.15, -0.1) is 0 Å². The van der Waals surface area contributed by atoms with Gasteiger partial charge in [-0.1, -0.05) is 12.2 Å². The molecule has 10 heavy (non-hydrogen) atoms. The molecule has 1 N–H and O–H groups in total. The molecule has 56 valence electrons. The van der Waals surface area contributed by atoms with Gasteiger partial charge < -0.3 is 5.32 Å². The van der Waals surface area contributed by atoms with Gasteiger partial charge in [-0.2, -0.15) is 0 Å². The van der Waals surface area contributed by atoms with Crippen molar-refractivity contribution in [2.45, 2.75) is 6.92 Å². The van der Waals surface area contributed by atoms with Crippen LogP contribution in [0.4, 0.5) is 0 Å². The van der Waals surface area contributed by atoms with Gasteiger partial charge in [-0.3, -0.25) is 4.99 Å². The zero-order chi connectivity index (χ0) is 7.82. The molecular formula is C8H14N2. The standard InChI is InChI=1S/C8H14N2/c1-4-5-6-8(10-3)7-9-2/h4-6,9H,3,7H2,1-2H3. The van der Waals surface area contributed by atoms with E-state index in [9.17, 15) is 0 Å². The van der Waals surface area contributed by atoms with E-state index in [2.05, 4.69) is 17.0 Å². The van der Waals surface area contributed by atoms with Crippen LogP contribution in [0, 0.1) is 0 Å². The number of nitrogens with zero attached hydrogens (tertiary/aromatic N) is 1. The molecule has 0 radical (unpaired) electrons. The van der Waals surface area contributed by atoms with E-state index in [1.165, 1.54) is 0 Å². The summed E-state index contributed by atoms with van der Waals surface area (Å²) in [4.78, 5) is 3.81. The average Bonchev–Trinajstić information content (AvgIpc) is 1.98. The molecule has 0 spiro atoms. The highest BCUT2D eigenvalue weighted by atomic mass is 14.9. The largest absolute Gasteiger partial charge is 0.314 e. The summed E-state index contributed by atoms with van der Waals surface area (Å²) in [6.45, 7) is 6.18. The van der Waals surface area contributed by atoms with Crippen molar-refractivity contribution in [3.05, 3.63) is 23.9 Å². The molecule has 0 saturated heterocycles. The third-order valence-corrected chi connectivity index (χ3v) is 1.04. The van der Waals surface area contributed by atoms with Gasteiger partial charge in [0, 0.05) is 6.54 Å². The molecule has 0 rings (SSSR count). The van der Waals surface area contributed by atoms with Crippen molar-refractivity contribution in [2.24, 2.45) is 4.99 Å². The van der Waals surface area contributed by atoms with Gasteiger partial charge in [0.05, 0.1) is 5.70 Å². The Bertz CT molecular complexity index is 145. The van der Waals surface area contributed by atoms with Crippen molar-refractivity contribution in [3.8, 4) is 0 Å². The summed E-state index contributed by atoms with van der Waals surface area (Å²) in [5.41, 5.74) is 0.959. The summed E-state index contributed by atoms with van der Waals surface area (Å²) < 4.78 is 0. The molecule has 0 amide bonds. The predicted molar refractivity (Wildman–Crippen MR) is 46.4 cm³/mol. The molecule has 0 heterocycles. The van der Waals surface area contributed by atoms with E-state index in [0.717, 1.165) is 12.2 Å². The molecule has 0 aromatic rings. The van der Waals surface area contributed by atoms with E-state index in [1.54, 1.807) is 0 Å². The quantitative estimate of drug-likeness (QED) is 0.460. The normalized spacial score (nSPS) is 12.4. The smallest absolute Gasteiger partial charge is 0.0534 e. The topological polar surface area (TPSA) is 24.4 Å². The Balaban J connectivity index is 3.90. The number of rotatable bonds is 4. The first-order chi connectivity index (χ1) is 4.85. The fourth-order valence-corrected chi connectivity index (χ4v) is 0.556. The molecule has 2 heteroatoms. The molecule has 0 atom stereocenters. The van der Waals surface area contributed by atoms with Crippen molar-refractivity contribution >= 4 is 6.72 Å². The van der Waals surface area contributed by atoms with Crippen LogP contribution in [-0.2, 0) is 0 Å². The van der Waals surface area contributed by atoms with Crippen LogP contribution in [0.15, 0.2) is 28.9 Å². The monoisotopic (exact) mass is 138 g/mol. The SMILES string of the molecule is C=NC(=CC=CC)CNC. The Labute approximate surface area is 62.4 Å². The predicted octanol–water partition coefficient (Wildman–Crippen LogP) is 1.37. The lowest BCUT2D eigenvalue weighted by Gasteiger charge is -1.95. The van der Waals surface area contributed by atoms with Crippen LogP contribution in [0.25, 0.3) is 0 Å². The van der Waals surface area contributed by atoms with Crippen LogP contribution >= 0.6 is 0 Å². The Morgan fingerprint density at radius 3 is 2.80 bits per heavy atom. The van der Waals surface area contributed by atoms with Crippen molar-refractivity contribution in [2.75, 3.05) is 13.6 Å². The number of hydrogen-bond donors (Lipinski definition) is 1. The van der Waals surface area contributed by atoms with Crippen LogP contribution in [-0.4, -0.2) is 20.3 Å². The summed E-state index contributed by atoms with van der Waals surface area (Å²) in [6, 6.07) is 0. The van der Waals surface area contributed by atoms with Crippen LogP contribution in [0.5, 0.6) is 0 Å². The minimum atomic E-state index is 0.772. The van der Waals surface area contributed by atoms with Crippen molar-refractivity contribution in [1.29, 1.82) is 0 Å². The van der Waals surface area contributed by atoms with E-state index in [4.69, 9.17) is 0 Å². The van der Waals surface area contributed by atoms with E-state index < -0.39 is 0 Å². The molecule has 0 fully saturated rings. The fraction of sp³-hybridized carbons (Fsp3) is 0.375. The van der Waals surface area contributed by atoms with Gasteiger partial charge in [0.1, 0.15) is 0 Å². The Morgan fingerprint density at radius 1 is 1.70 bits per heavy atom. The highest BCUT2D eigenvalue weighted by Crippen LogP contribution is 1.92. The maximum absolute atomic E-state index is 3.81. The van der Waals surface area contributed by atoms with Crippen molar-refractivity contribution in [1.82, 2.24) is 5.32 Å². The van der Waals surface area contributed by atoms with Gasteiger partial charge in [-0.25, -0.2) is 0 Å². The summed E-state index contributed by atoms with van der Waals surface area (Å²) >= 11 is 0. The second-order valence-corrected chi connectivity index (χ2v) is 1.87. The van der Waals surface area contributed by atoms with Gasteiger partial charge >= 0.3 is 0 Å². The third kappa shape index (κ3) is 4.04. The molecule has 0 aromatic carbocycles. The summed E-state index contributed by atoms with van der Waals surface area (Å²) in [6.07, 6.45) is 5.84. The highest BCUT2D eigenvalue weighted by molar-refractivity contribution is 5.30. The zero-order valence-corrected chi connectivity index (χ0v) is 6.59. The minimum absolute atomic E-state index is 0.772. The van der Waals surface area contributed by atoms with Gasteiger partial charge in [-0.05, 0) is 26.8 Å².